The lowest BCUT2D eigenvalue weighted by molar-refractivity contribution is 0.0257. The first-order valence-corrected chi connectivity index (χ1v) is 10.4. The maximum atomic E-state index is 6.64. The second-order valence-electron chi connectivity index (χ2n) is 7.61. The topological polar surface area (TPSA) is 95.6 Å². The summed E-state index contributed by atoms with van der Waals surface area (Å²) < 4.78 is 16.5. The fraction of sp³-hybridized carbons (Fsp3) is 0.381. The Kier molecular flexibility index (Phi) is 5.72. The lowest BCUT2D eigenvalue weighted by Gasteiger charge is -2.24. The van der Waals surface area contributed by atoms with Crippen LogP contribution >= 0.6 is 23.2 Å². The Hall–Kier alpha value is -2.55. The smallest absolute Gasteiger partial charge is 0.220 e. The van der Waals surface area contributed by atoms with Gasteiger partial charge < -0.3 is 24.8 Å². The van der Waals surface area contributed by atoms with E-state index in [4.69, 9.17) is 48.1 Å². The van der Waals surface area contributed by atoms with E-state index in [9.17, 15) is 0 Å². The van der Waals surface area contributed by atoms with E-state index in [0.717, 1.165) is 18.4 Å². The molecule has 0 bridgehead atoms. The molecule has 3 heterocycles. The molecular weight excluding hydrogens is 441 g/mol. The van der Waals surface area contributed by atoms with Gasteiger partial charge in [-0.25, -0.2) is 15.0 Å². The van der Waals surface area contributed by atoms with E-state index in [1.165, 1.54) is 14.2 Å². The first-order valence-electron chi connectivity index (χ1n) is 9.64. The lowest BCUT2D eigenvalue weighted by atomic mass is 10.1. The third kappa shape index (κ3) is 3.79. The molecular formula is C21H23Cl2N5O3. The van der Waals surface area contributed by atoms with Gasteiger partial charge in [-0.1, -0.05) is 23.2 Å². The molecule has 1 aliphatic heterocycles. The van der Waals surface area contributed by atoms with Gasteiger partial charge in [0.25, 0.3) is 0 Å². The number of nitrogens with zero attached hydrogens (tertiary/aromatic N) is 4. The first kappa shape index (κ1) is 21.7. The summed E-state index contributed by atoms with van der Waals surface area (Å²) in [4.78, 5) is 15.6. The highest BCUT2D eigenvalue weighted by Gasteiger charge is 2.35. The average Bonchev–Trinajstić information content (AvgIpc) is 3.16. The van der Waals surface area contributed by atoms with Crippen LogP contribution in [0.15, 0.2) is 18.3 Å². The number of rotatable bonds is 5. The maximum absolute atomic E-state index is 6.64. The highest BCUT2D eigenvalue weighted by molar-refractivity contribution is 6.41. The molecule has 1 aromatic carbocycles. The summed E-state index contributed by atoms with van der Waals surface area (Å²) in [5.74, 6) is 1.71. The Morgan fingerprint density at radius 3 is 2.32 bits per heavy atom. The molecule has 10 heteroatoms. The van der Waals surface area contributed by atoms with Gasteiger partial charge in [0.05, 0.1) is 35.6 Å². The van der Waals surface area contributed by atoms with Crippen LogP contribution in [0, 0.1) is 0 Å². The second kappa shape index (κ2) is 8.18. The van der Waals surface area contributed by atoms with Crippen molar-refractivity contribution in [3.63, 3.8) is 0 Å². The van der Waals surface area contributed by atoms with Crippen molar-refractivity contribution in [3.8, 4) is 22.8 Å². The zero-order valence-corrected chi connectivity index (χ0v) is 19.2. The molecule has 8 nitrogen and oxygen atoms in total. The van der Waals surface area contributed by atoms with Crippen molar-refractivity contribution in [1.82, 2.24) is 15.0 Å². The van der Waals surface area contributed by atoms with Gasteiger partial charge in [0.15, 0.2) is 5.82 Å². The molecule has 2 N–H and O–H groups in total. The van der Waals surface area contributed by atoms with Crippen LogP contribution in [0.1, 0.15) is 13.3 Å². The van der Waals surface area contributed by atoms with Gasteiger partial charge in [0.1, 0.15) is 17.0 Å². The summed E-state index contributed by atoms with van der Waals surface area (Å²) in [5, 5.41) is 1.44. The van der Waals surface area contributed by atoms with Crippen molar-refractivity contribution in [2.75, 3.05) is 45.1 Å². The number of halogens is 2. The molecule has 4 rings (SSSR count). The summed E-state index contributed by atoms with van der Waals surface area (Å²) in [7, 11) is 4.78. The molecule has 31 heavy (non-hydrogen) atoms. The molecule has 1 atom stereocenters. The fourth-order valence-corrected chi connectivity index (χ4v) is 4.47. The Bertz CT molecular complexity index is 1130. The van der Waals surface area contributed by atoms with Crippen LogP contribution in [0.3, 0.4) is 0 Å². The molecule has 1 unspecified atom stereocenters. The van der Waals surface area contributed by atoms with Gasteiger partial charge in [-0.3, -0.25) is 0 Å². The van der Waals surface area contributed by atoms with Crippen LogP contribution in [0.25, 0.3) is 22.2 Å². The van der Waals surface area contributed by atoms with Gasteiger partial charge in [-0.05, 0) is 19.4 Å². The minimum atomic E-state index is -0.281. The number of hydrogen-bond acceptors (Lipinski definition) is 8. The maximum Gasteiger partial charge on any atom is 0.220 e. The van der Waals surface area contributed by atoms with Crippen molar-refractivity contribution in [2.24, 2.45) is 0 Å². The largest absolute Gasteiger partial charge is 0.495 e. The van der Waals surface area contributed by atoms with Crippen molar-refractivity contribution in [1.29, 1.82) is 0 Å². The molecule has 2 aromatic heterocycles. The predicted molar refractivity (Wildman–Crippen MR) is 123 cm³/mol. The highest BCUT2D eigenvalue weighted by Crippen LogP contribution is 2.46. The van der Waals surface area contributed by atoms with Gasteiger partial charge in [0, 0.05) is 43.4 Å². The van der Waals surface area contributed by atoms with E-state index < -0.39 is 0 Å². The number of anilines is 2. The molecule has 0 spiro atoms. The molecule has 164 valence electrons. The van der Waals surface area contributed by atoms with Crippen LogP contribution in [0.4, 0.5) is 11.8 Å². The number of pyridine rings is 1. The zero-order valence-electron chi connectivity index (χ0n) is 17.7. The van der Waals surface area contributed by atoms with Gasteiger partial charge >= 0.3 is 0 Å². The first-order chi connectivity index (χ1) is 14.8. The molecule has 0 aliphatic carbocycles. The second-order valence-corrected chi connectivity index (χ2v) is 8.36. The number of hydrogen-bond donors (Lipinski definition) is 1. The molecule has 0 radical (unpaired) electrons. The minimum absolute atomic E-state index is 0.177. The van der Waals surface area contributed by atoms with E-state index in [0.29, 0.717) is 50.7 Å². The van der Waals surface area contributed by atoms with E-state index in [1.807, 2.05) is 6.07 Å². The molecule has 0 saturated carbocycles. The van der Waals surface area contributed by atoms with Crippen LogP contribution in [0.2, 0.25) is 10.0 Å². The number of aromatic nitrogens is 3. The van der Waals surface area contributed by atoms with Crippen molar-refractivity contribution >= 4 is 45.9 Å². The molecule has 1 aliphatic rings. The Balaban J connectivity index is 1.97. The molecule has 1 fully saturated rings. The van der Waals surface area contributed by atoms with E-state index in [2.05, 4.69) is 21.8 Å². The van der Waals surface area contributed by atoms with E-state index in [1.54, 1.807) is 19.4 Å². The van der Waals surface area contributed by atoms with Crippen LogP contribution in [0.5, 0.6) is 11.5 Å². The number of fused-ring (bicyclic) bond motifs is 1. The van der Waals surface area contributed by atoms with Gasteiger partial charge in [0.2, 0.25) is 5.95 Å². The summed E-state index contributed by atoms with van der Waals surface area (Å²) in [5.41, 5.74) is 7.30. The number of nitrogen functional groups attached to an aromatic ring is 1. The average molecular weight is 464 g/mol. The van der Waals surface area contributed by atoms with Crippen LogP contribution < -0.4 is 20.1 Å². The summed E-state index contributed by atoms with van der Waals surface area (Å²) >= 11 is 13.3. The third-order valence-electron chi connectivity index (χ3n) is 5.62. The minimum Gasteiger partial charge on any atom is -0.495 e. The Labute approximate surface area is 190 Å². The van der Waals surface area contributed by atoms with Gasteiger partial charge in [-0.15, -0.1) is 0 Å². The van der Waals surface area contributed by atoms with Crippen molar-refractivity contribution < 1.29 is 14.2 Å². The third-order valence-corrected chi connectivity index (χ3v) is 6.37. The van der Waals surface area contributed by atoms with Crippen LogP contribution in [-0.4, -0.2) is 55.0 Å². The van der Waals surface area contributed by atoms with E-state index in [-0.39, 0.29) is 11.5 Å². The number of methoxy groups -OCH3 is 3. The highest BCUT2D eigenvalue weighted by atomic mass is 35.5. The Morgan fingerprint density at radius 2 is 1.74 bits per heavy atom. The quantitative estimate of drug-likeness (QED) is 0.600. The van der Waals surface area contributed by atoms with E-state index >= 15 is 0 Å². The summed E-state index contributed by atoms with van der Waals surface area (Å²) in [6, 6.07) is 3.47. The SMILES string of the molecule is COc1cc(OC)c(Cl)c(-c2cc3cnc(N)nc3c(N3CCC(C)(OC)C3)n2)c1Cl. The molecule has 1 saturated heterocycles. The summed E-state index contributed by atoms with van der Waals surface area (Å²) in [6.07, 6.45) is 2.52. The van der Waals surface area contributed by atoms with Crippen molar-refractivity contribution in [3.05, 3.63) is 28.4 Å². The normalized spacial score (nSPS) is 18.6. The number of nitrogens with two attached hydrogens (primary N) is 1. The Morgan fingerprint density at radius 1 is 1.06 bits per heavy atom. The number of benzene rings is 1. The fourth-order valence-electron chi connectivity index (χ4n) is 3.78. The van der Waals surface area contributed by atoms with Crippen LogP contribution in [-0.2, 0) is 4.74 Å². The summed E-state index contributed by atoms with van der Waals surface area (Å²) in [6.45, 7) is 3.48. The van der Waals surface area contributed by atoms with Gasteiger partial charge in [-0.2, -0.15) is 0 Å². The zero-order chi connectivity index (χ0) is 22.3. The molecule has 0 amide bonds. The lowest BCUT2D eigenvalue weighted by Crippen LogP contribution is -2.32. The van der Waals surface area contributed by atoms with Crippen molar-refractivity contribution in [2.45, 2.75) is 18.9 Å². The monoisotopic (exact) mass is 463 g/mol. The number of ether oxygens (including phenoxy) is 3. The predicted octanol–water partition coefficient (Wildman–Crippen LogP) is 4.21. The molecule has 3 aromatic rings. The standard InChI is InChI=1S/C21H23Cl2N5O3/c1-21(31-4)5-6-28(10-21)19-18-11(9-25-20(24)27-18)7-12(26-19)15-16(22)13(29-2)8-14(30-3)17(15)23/h7-9H,5-6,10H2,1-4H3,(H2,24,25,27).